The number of morpholine rings is 1. The summed E-state index contributed by atoms with van der Waals surface area (Å²) in [6, 6.07) is 5.02. The molecule has 0 radical (unpaired) electrons. The zero-order chi connectivity index (χ0) is 25.9. The minimum atomic E-state index is -2.87. The van der Waals surface area contributed by atoms with Gasteiger partial charge in [0.05, 0.1) is 25.8 Å². The molecule has 2 saturated heterocycles. The van der Waals surface area contributed by atoms with Gasteiger partial charge >= 0.3 is 0 Å². The number of nitrogens with one attached hydrogen (secondary N) is 1. The summed E-state index contributed by atoms with van der Waals surface area (Å²) in [5.74, 6) is 0.692. The van der Waals surface area contributed by atoms with Crippen LogP contribution in [-0.2, 0) is 9.53 Å². The Morgan fingerprint density at radius 3 is 2.54 bits per heavy atom. The maximum atomic E-state index is 14.2. The van der Waals surface area contributed by atoms with Crippen molar-refractivity contribution in [3.8, 4) is 11.7 Å². The van der Waals surface area contributed by atoms with Crippen molar-refractivity contribution in [1.82, 2.24) is 29.8 Å². The maximum Gasteiger partial charge on any atom is 0.296 e. The van der Waals surface area contributed by atoms with Crippen LogP contribution in [0.5, 0.6) is 5.75 Å². The normalized spacial score (nSPS) is 18.5. The Hall–Kier alpha value is -3.61. The number of alkyl halides is 2. The van der Waals surface area contributed by atoms with Gasteiger partial charge in [0.25, 0.3) is 6.43 Å². The van der Waals surface area contributed by atoms with Gasteiger partial charge in [-0.05, 0) is 25.0 Å². The van der Waals surface area contributed by atoms with Gasteiger partial charge in [-0.1, -0.05) is 13.0 Å². The number of aromatic nitrogens is 5. The van der Waals surface area contributed by atoms with Gasteiger partial charge < -0.3 is 24.6 Å². The molecule has 13 heteroatoms. The first-order valence-corrected chi connectivity index (χ1v) is 12.5. The molecular formula is C24H30F2N8O3. The third-order valence-corrected chi connectivity index (χ3v) is 6.57. The first-order valence-electron chi connectivity index (χ1n) is 12.5. The Morgan fingerprint density at radius 1 is 1.11 bits per heavy atom. The SMILES string of the molecule is CCC(=O)N[C@@H]1CCCN(c2nc(N3CCOCC3)nc(-n3c(C(F)F)nc4c(OC)cccc43)n2)C1. The van der Waals surface area contributed by atoms with Crippen LogP contribution in [0.25, 0.3) is 17.0 Å². The fourth-order valence-corrected chi connectivity index (χ4v) is 4.71. The number of rotatable bonds is 7. The number of carbonyl (C=O) groups is 1. The van der Waals surface area contributed by atoms with Gasteiger partial charge in [-0.3, -0.25) is 9.36 Å². The Bertz CT molecular complexity index is 1260. The number of piperidine rings is 1. The lowest BCUT2D eigenvalue weighted by atomic mass is 10.1. The van der Waals surface area contributed by atoms with E-state index in [0.717, 1.165) is 12.8 Å². The summed E-state index contributed by atoms with van der Waals surface area (Å²) < 4.78 is 40.6. The molecule has 0 spiro atoms. The predicted molar refractivity (Wildman–Crippen MR) is 133 cm³/mol. The van der Waals surface area contributed by atoms with Crippen molar-refractivity contribution >= 4 is 28.8 Å². The predicted octanol–water partition coefficient (Wildman–Crippen LogP) is 2.49. The van der Waals surface area contributed by atoms with Gasteiger partial charge in [0.15, 0.2) is 5.82 Å². The quantitative estimate of drug-likeness (QED) is 0.506. The molecule has 0 bridgehead atoms. The summed E-state index contributed by atoms with van der Waals surface area (Å²) >= 11 is 0. The number of nitrogens with zero attached hydrogens (tertiary/aromatic N) is 7. The number of hydrogen-bond donors (Lipinski definition) is 1. The van der Waals surface area contributed by atoms with Crippen LogP contribution in [0, 0.1) is 0 Å². The number of fused-ring (bicyclic) bond motifs is 1. The number of hydrogen-bond acceptors (Lipinski definition) is 9. The smallest absolute Gasteiger partial charge is 0.296 e. The Labute approximate surface area is 212 Å². The molecular weight excluding hydrogens is 486 g/mol. The molecule has 2 fully saturated rings. The first kappa shape index (κ1) is 25.1. The third-order valence-electron chi connectivity index (χ3n) is 6.57. The molecule has 0 unspecified atom stereocenters. The van der Waals surface area contributed by atoms with Crippen molar-refractivity contribution in [1.29, 1.82) is 0 Å². The zero-order valence-electron chi connectivity index (χ0n) is 20.9. The van der Waals surface area contributed by atoms with Crippen molar-refractivity contribution in [3.63, 3.8) is 0 Å². The highest BCUT2D eigenvalue weighted by Crippen LogP contribution is 2.32. The monoisotopic (exact) mass is 516 g/mol. The fourth-order valence-electron chi connectivity index (χ4n) is 4.71. The standard InChI is InChI=1S/C24H30F2N8O3/c1-3-18(35)27-15-6-5-9-33(14-15)23-29-22(32-10-12-37-13-11-32)30-24(31-23)34-16-7-4-8-17(36-2)19(16)28-21(34)20(25)26/h4,7-8,15,20H,3,5-6,9-14H2,1-2H3,(H,27,35)/t15-/m1/s1. The Balaban J connectivity index is 1.62. The summed E-state index contributed by atoms with van der Waals surface area (Å²) in [5, 5.41) is 3.04. The highest BCUT2D eigenvalue weighted by atomic mass is 19.3. The molecule has 3 aromatic rings. The van der Waals surface area contributed by atoms with Crippen molar-refractivity contribution in [3.05, 3.63) is 24.0 Å². The van der Waals surface area contributed by atoms with Gasteiger partial charge in [-0.2, -0.15) is 15.0 Å². The number of ether oxygens (including phenoxy) is 2. The van der Waals surface area contributed by atoms with E-state index in [1.165, 1.54) is 11.7 Å². The molecule has 198 valence electrons. The second-order valence-electron chi connectivity index (χ2n) is 8.98. The lowest BCUT2D eigenvalue weighted by Gasteiger charge is -2.34. The molecule has 2 aliphatic heterocycles. The average Bonchev–Trinajstić information content (AvgIpc) is 3.34. The van der Waals surface area contributed by atoms with Gasteiger partial charge in [0, 0.05) is 38.6 Å². The van der Waals surface area contributed by atoms with E-state index < -0.39 is 12.2 Å². The summed E-state index contributed by atoms with van der Waals surface area (Å²) in [6.45, 7) is 5.16. The number of para-hydroxylation sites is 1. The third kappa shape index (κ3) is 5.13. The average molecular weight is 517 g/mol. The lowest BCUT2D eigenvalue weighted by Crippen LogP contribution is -2.48. The van der Waals surface area contributed by atoms with E-state index in [1.807, 2.05) is 16.7 Å². The van der Waals surface area contributed by atoms with E-state index in [1.54, 1.807) is 18.2 Å². The van der Waals surface area contributed by atoms with Crippen LogP contribution in [0.4, 0.5) is 20.7 Å². The van der Waals surface area contributed by atoms with Crippen LogP contribution >= 0.6 is 0 Å². The highest BCUT2D eigenvalue weighted by molar-refractivity contribution is 5.84. The second kappa shape index (κ2) is 10.8. The Kier molecular flexibility index (Phi) is 7.31. The van der Waals surface area contributed by atoms with Crippen LogP contribution < -0.4 is 19.9 Å². The first-order chi connectivity index (χ1) is 18.0. The Morgan fingerprint density at radius 2 is 1.84 bits per heavy atom. The zero-order valence-corrected chi connectivity index (χ0v) is 20.9. The molecule has 2 aliphatic rings. The summed E-state index contributed by atoms with van der Waals surface area (Å²) in [5.41, 5.74) is 0.710. The number of benzene rings is 1. The molecule has 1 N–H and O–H groups in total. The van der Waals surface area contributed by atoms with E-state index in [-0.39, 0.29) is 17.9 Å². The minimum Gasteiger partial charge on any atom is -0.494 e. The van der Waals surface area contributed by atoms with Crippen molar-refractivity contribution in [2.75, 3.05) is 56.3 Å². The molecule has 11 nitrogen and oxygen atoms in total. The fraction of sp³-hybridized carbons (Fsp3) is 0.542. The largest absolute Gasteiger partial charge is 0.494 e. The number of amides is 1. The molecule has 2 aromatic heterocycles. The topological polar surface area (TPSA) is 111 Å². The van der Waals surface area contributed by atoms with E-state index >= 15 is 0 Å². The molecule has 37 heavy (non-hydrogen) atoms. The number of anilines is 2. The van der Waals surface area contributed by atoms with E-state index in [2.05, 4.69) is 20.3 Å². The number of methoxy groups -OCH3 is 1. The number of carbonyl (C=O) groups excluding carboxylic acids is 1. The molecule has 1 aromatic carbocycles. The van der Waals surface area contributed by atoms with Crippen molar-refractivity contribution in [2.45, 2.75) is 38.7 Å². The summed E-state index contributed by atoms with van der Waals surface area (Å²) in [6.07, 6.45) is -0.789. The van der Waals surface area contributed by atoms with Crippen molar-refractivity contribution in [2.24, 2.45) is 0 Å². The van der Waals surface area contributed by atoms with Crippen LogP contribution in [0.2, 0.25) is 0 Å². The molecule has 1 atom stereocenters. The highest BCUT2D eigenvalue weighted by Gasteiger charge is 2.28. The summed E-state index contributed by atoms with van der Waals surface area (Å²) in [7, 11) is 1.47. The number of halogens is 2. The molecule has 4 heterocycles. The van der Waals surface area contributed by atoms with E-state index in [4.69, 9.17) is 14.5 Å². The van der Waals surface area contributed by atoms with Gasteiger partial charge in [-0.25, -0.2) is 13.8 Å². The van der Waals surface area contributed by atoms with E-state index in [0.29, 0.717) is 74.5 Å². The van der Waals surface area contributed by atoms with Crippen LogP contribution in [0.3, 0.4) is 0 Å². The minimum absolute atomic E-state index is 0.0161. The molecule has 1 amide bonds. The van der Waals surface area contributed by atoms with Crippen molar-refractivity contribution < 1.29 is 23.0 Å². The molecule has 0 saturated carbocycles. The van der Waals surface area contributed by atoms with Crippen LogP contribution in [0.1, 0.15) is 38.4 Å². The lowest BCUT2D eigenvalue weighted by molar-refractivity contribution is -0.121. The maximum absolute atomic E-state index is 14.2. The van der Waals surface area contributed by atoms with Gasteiger partial charge in [0.1, 0.15) is 11.3 Å². The number of imidazole rings is 1. The van der Waals surface area contributed by atoms with Gasteiger partial charge in [0.2, 0.25) is 23.8 Å². The molecule has 0 aliphatic carbocycles. The van der Waals surface area contributed by atoms with Crippen LogP contribution in [-0.4, -0.2) is 83.0 Å². The molecule has 5 rings (SSSR count). The summed E-state index contributed by atoms with van der Waals surface area (Å²) in [4.78, 5) is 34.1. The second-order valence-corrected chi connectivity index (χ2v) is 8.98. The van der Waals surface area contributed by atoms with Gasteiger partial charge in [-0.15, -0.1) is 0 Å². The van der Waals surface area contributed by atoms with E-state index in [9.17, 15) is 13.6 Å². The van der Waals surface area contributed by atoms with Crippen LogP contribution in [0.15, 0.2) is 18.2 Å².